The number of sulfonamides is 1. The van der Waals surface area contributed by atoms with Crippen molar-refractivity contribution in [1.82, 2.24) is 10.2 Å². The van der Waals surface area contributed by atoms with Gasteiger partial charge in [0.25, 0.3) is 0 Å². The molecule has 0 spiro atoms. The summed E-state index contributed by atoms with van der Waals surface area (Å²) in [5.41, 5.74) is 1.46. The SMILES string of the molecule is CC(C)CNC(=O)[C@H](C)N(Cc1ccccc1F)C(=O)CN(c1ccc(C(C)(C)C)cc1)S(C)(=O)=O. The van der Waals surface area contributed by atoms with E-state index < -0.39 is 40.2 Å². The summed E-state index contributed by atoms with van der Waals surface area (Å²) in [4.78, 5) is 27.6. The maximum absolute atomic E-state index is 14.4. The third-order valence-corrected chi connectivity index (χ3v) is 6.99. The number of hydrogen-bond donors (Lipinski definition) is 1. The number of hydrogen-bond acceptors (Lipinski definition) is 4. The molecule has 0 aliphatic rings. The number of nitrogens with zero attached hydrogens (tertiary/aromatic N) is 2. The highest BCUT2D eigenvalue weighted by atomic mass is 32.2. The van der Waals surface area contributed by atoms with Gasteiger partial charge in [0, 0.05) is 18.7 Å². The van der Waals surface area contributed by atoms with Crippen LogP contribution in [0, 0.1) is 11.7 Å². The third-order valence-electron chi connectivity index (χ3n) is 5.85. The average Bonchev–Trinajstić information content (AvgIpc) is 2.78. The monoisotopic (exact) mass is 519 g/mol. The Kier molecular flexibility index (Phi) is 9.65. The first-order chi connectivity index (χ1) is 16.6. The lowest BCUT2D eigenvalue weighted by molar-refractivity contribution is -0.139. The summed E-state index contributed by atoms with van der Waals surface area (Å²) in [6, 6.07) is 12.0. The Morgan fingerprint density at radius 2 is 1.58 bits per heavy atom. The summed E-state index contributed by atoms with van der Waals surface area (Å²) in [5, 5.41) is 2.79. The van der Waals surface area contributed by atoms with Crippen LogP contribution < -0.4 is 9.62 Å². The molecule has 36 heavy (non-hydrogen) atoms. The highest BCUT2D eigenvalue weighted by Gasteiger charge is 2.30. The molecule has 1 N–H and O–H groups in total. The number of anilines is 1. The van der Waals surface area contributed by atoms with Crippen LogP contribution in [0.1, 0.15) is 52.7 Å². The minimum atomic E-state index is -3.83. The van der Waals surface area contributed by atoms with Crippen LogP contribution in [0.25, 0.3) is 0 Å². The van der Waals surface area contributed by atoms with E-state index >= 15 is 0 Å². The number of halogens is 1. The van der Waals surface area contributed by atoms with Crippen molar-refractivity contribution in [2.24, 2.45) is 5.92 Å². The van der Waals surface area contributed by atoms with Crippen molar-refractivity contribution in [3.8, 4) is 0 Å². The van der Waals surface area contributed by atoms with Gasteiger partial charge in [0.2, 0.25) is 21.8 Å². The molecule has 0 heterocycles. The van der Waals surface area contributed by atoms with Crippen LogP contribution in [0.3, 0.4) is 0 Å². The van der Waals surface area contributed by atoms with Gasteiger partial charge in [-0.25, -0.2) is 12.8 Å². The molecule has 0 aromatic heterocycles. The fourth-order valence-corrected chi connectivity index (χ4v) is 4.44. The van der Waals surface area contributed by atoms with Gasteiger partial charge in [-0.1, -0.05) is 65.0 Å². The van der Waals surface area contributed by atoms with Gasteiger partial charge in [-0.3, -0.25) is 13.9 Å². The third kappa shape index (κ3) is 8.05. The van der Waals surface area contributed by atoms with Crippen LogP contribution in [0.2, 0.25) is 0 Å². The zero-order chi connectivity index (χ0) is 27.3. The molecule has 2 rings (SSSR count). The van der Waals surface area contributed by atoms with Gasteiger partial charge in [-0.05, 0) is 42.0 Å². The Labute approximate surface area is 214 Å². The first-order valence-electron chi connectivity index (χ1n) is 12.0. The van der Waals surface area contributed by atoms with E-state index in [4.69, 9.17) is 0 Å². The second-order valence-electron chi connectivity index (χ2n) is 10.5. The Bertz CT molecular complexity index is 1160. The molecule has 2 aromatic carbocycles. The van der Waals surface area contributed by atoms with Crippen LogP contribution in [0.15, 0.2) is 48.5 Å². The van der Waals surface area contributed by atoms with Gasteiger partial charge in [0.1, 0.15) is 18.4 Å². The maximum Gasteiger partial charge on any atom is 0.244 e. The summed E-state index contributed by atoms with van der Waals surface area (Å²) in [6.45, 7) is 11.3. The molecule has 0 bridgehead atoms. The molecule has 2 aromatic rings. The molecule has 9 heteroatoms. The summed E-state index contributed by atoms with van der Waals surface area (Å²) in [6.07, 6.45) is 1.03. The number of rotatable bonds is 10. The minimum Gasteiger partial charge on any atom is -0.354 e. The highest BCUT2D eigenvalue weighted by molar-refractivity contribution is 7.92. The molecule has 1 atom stereocenters. The lowest BCUT2D eigenvalue weighted by Crippen LogP contribution is -2.51. The Morgan fingerprint density at radius 3 is 2.08 bits per heavy atom. The second-order valence-corrected chi connectivity index (χ2v) is 12.4. The number of carbonyl (C=O) groups excluding carboxylic acids is 2. The summed E-state index contributed by atoms with van der Waals surface area (Å²) >= 11 is 0. The zero-order valence-corrected chi connectivity index (χ0v) is 23.0. The van der Waals surface area contributed by atoms with E-state index in [0.717, 1.165) is 16.1 Å². The van der Waals surface area contributed by atoms with E-state index in [0.29, 0.717) is 12.2 Å². The minimum absolute atomic E-state index is 0.125. The number of benzene rings is 2. The van der Waals surface area contributed by atoms with Gasteiger partial charge in [-0.15, -0.1) is 0 Å². The van der Waals surface area contributed by atoms with E-state index in [1.807, 2.05) is 46.8 Å². The normalized spacial score (nSPS) is 12.8. The van der Waals surface area contributed by atoms with Gasteiger partial charge < -0.3 is 10.2 Å². The van der Waals surface area contributed by atoms with Crippen molar-refractivity contribution in [3.05, 3.63) is 65.5 Å². The van der Waals surface area contributed by atoms with Crippen LogP contribution in [-0.4, -0.2) is 50.5 Å². The van der Waals surface area contributed by atoms with E-state index in [9.17, 15) is 22.4 Å². The molecule has 0 aliphatic heterocycles. The van der Waals surface area contributed by atoms with Crippen molar-refractivity contribution in [1.29, 1.82) is 0 Å². The van der Waals surface area contributed by atoms with Crippen molar-refractivity contribution in [3.63, 3.8) is 0 Å². The number of amides is 2. The smallest absolute Gasteiger partial charge is 0.244 e. The fourth-order valence-electron chi connectivity index (χ4n) is 3.59. The Morgan fingerprint density at radius 1 is 1.00 bits per heavy atom. The van der Waals surface area contributed by atoms with Crippen LogP contribution in [-0.2, 0) is 31.6 Å². The topological polar surface area (TPSA) is 86.8 Å². The van der Waals surface area contributed by atoms with E-state index in [2.05, 4.69) is 5.32 Å². The quantitative estimate of drug-likeness (QED) is 0.513. The van der Waals surface area contributed by atoms with Crippen molar-refractivity contribution < 1.29 is 22.4 Å². The Hall–Kier alpha value is -2.94. The first-order valence-corrected chi connectivity index (χ1v) is 13.8. The molecule has 0 saturated heterocycles. The van der Waals surface area contributed by atoms with Crippen LogP contribution >= 0.6 is 0 Å². The standard InChI is InChI=1S/C27H38FN3O4S/c1-19(2)16-29-26(33)20(3)30(17-21-10-8-9-11-24(21)28)25(32)18-31(36(7,34)35)23-14-12-22(13-15-23)27(4,5)6/h8-15,19-20H,16-18H2,1-7H3,(H,29,33)/t20-/m0/s1. The van der Waals surface area contributed by atoms with Crippen molar-refractivity contribution >= 4 is 27.5 Å². The maximum atomic E-state index is 14.4. The molecule has 198 valence electrons. The molecule has 7 nitrogen and oxygen atoms in total. The van der Waals surface area contributed by atoms with E-state index in [1.165, 1.54) is 23.1 Å². The molecule has 0 radical (unpaired) electrons. The van der Waals surface area contributed by atoms with Gasteiger partial charge in [-0.2, -0.15) is 0 Å². The van der Waals surface area contributed by atoms with Gasteiger partial charge in [0.05, 0.1) is 11.9 Å². The molecular formula is C27H38FN3O4S. The van der Waals surface area contributed by atoms with Crippen LogP contribution in [0.4, 0.5) is 10.1 Å². The fraction of sp³-hybridized carbons (Fsp3) is 0.481. The van der Waals surface area contributed by atoms with Gasteiger partial charge >= 0.3 is 0 Å². The lowest BCUT2D eigenvalue weighted by Gasteiger charge is -2.32. The molecule has 2 amide bonds. The van der Waals surface area contributed by atoms with Crippen LogP contribution in [0.5, 0.6) is 0 Å². The first kappa shape index (κ1) is 29.3. The molecule has 0 unspecified atom stereocenters. The summed E-state index contributed by atoms with van der Waals surface area (Å²) in [7, 11) is -3.83. The van der Waals surface area contributed by atoms with Crippen molar-refractivity contribution in [2.75, 3.05) is 23.7 Å². The predicted molar refractivity (Wildman–Crippen MR) is 142 cm³/mol. The van der Waals surface area contributed by atoms with E-state index in [-0.39, 0.29) is 23.4 Å². The summed E-state index contributed by atoms with van der Waals surface area (Å²) in [5.74, 6) is -1.32. The molecule has 0 fully saturated rings. The largest absolute Gasteiger partial charge is 0.354 e. The lowest BCUT2D eigenvalue weighted by atomic mass is 9.87. The zero-order valence-electron chi connectivity index (χ0n) is 22.2. The van der Waals surface area contributed by atoms with Crippen molar-refractivity contribution in [2.45, 2.75) is 59.5 Å². The highest BCUT2D eigenvalue weighted by Crippen LogP contribution is 2.26. The average molecular weight is 520 g/mol. The molecular weight excluding hydrogens is 481 g/mol. The number of nitrogens with one attached hydrogen (secondary N) is 1. The number of carbonyl (C=O) groups is 2. The predicted octanol–water partition coefficient (Wildman–Crippen LogP) is 4.08. The molecule has 0 aliphatic carbocycles. The molecule has 0 saturated carbocycles. The van der Waals surface area contributed by atoms with E-state index in [1.54, 1.807) is 25.1 Å². The summed E-state index contributed by atoms with van der Waals surface area (Å²) < 4.78 is 40.8. The second kappa shape index (κ2) is 11.9. The Balaban J connectivity index is 2.39. The van der Waals surface area contributed by atoms with Gasteiger partial charge in [0.15, 0.2) is 0 Å².